The van der Waals surface area contributed by atoms with Crippen molar-refractivity contribution in [1.82, 2.24) is 9.78 Å². The zero-order chi connectivity index (χ0) is 13.1. The summed E-state index contributed by atoms with van der Waals surface area (Å²) in [4.78, 5) is 10.3. The lowest BCUT2D eigenvalue weighted by Gasteiger charge is -2.01. The summed E-state index contributed by atoms with van der Waals surface area (Å²) in [5, 5.41) is 15.6. The van der Waals surface area contributed by atoms with E-state index in [1.807, 2.05) is 0 Å². The van der Waals surface area contributed by atoms with Crippen LogP contribution in [0.2, 0.25) is 0 Å². The van der Waals surface area contributed by atoms with Crippen molar-refractivity contribution in [2.75, 3.05) is 20.8 Å². The summed E-state index contributed by atoms with van der Waals surface area (Å²) in [5.41, 5.74) is 0.807. The van der Waals surface area contributed by atoms with Crippen LogP contribution >= 0.6 is 0 Å². The highest BCUT2D eigenvalue weighted by molar-refractivity contribution is 5.86. The zero-order valence-corrected chi connectivity index (χ0v) is 10.1. The molecule has 0 aliphatic rings. The molecule has 0 radical (unpaired) electrons. The average Bonchev–Trinajstić information content (AvgIpc) is 2.73. The van der Waals surface area contributed by atoms with Gasteiger partial charge in [0.25, 0.3) is 5.69 Å². The van der Waals surface area contributed by atoms with E-state index in [0.717, 1.165) is 5.52 Å². The van der Waals surface area contributed by atoms with Gasteiger partial charge in [0, 0.05) is 19.2 Å². The molecule has 7 nitrogen and oxygen atoms in total. The number of methoxy groups -OCH3 is 2. The van der Waals surface area contributed by atoms with Crippen molar-refractivity contribution in [2.45, 2.75) is 6.54 Å². The SMILES string of the molecule is COCCn1nc(OC)c2cc([N+](=O)[O-])ccc21. The number of non-ortho nitro benzene ring substituents is 1. The van der Waals surface area contributed by atoms with Crippen molar-refractivity contribution >= 4 is 16.6 Å². The fraction of sp³-hybridized carbons (Fsp3) is 0.364. The Labute approximate surface area is 103 Å². The second-order valence-corrected chi connectivity index (χ2v) is 3.68. The normalized spacial score (nSPS) is 10.8. The molecule has 0 atom stereocenters. The lowest BCUT2D eigenvalue weighted by atomic mass is 10.2. The third-order valence-electron chi connectivity index (χ3n) is 2.61. The van der Waals surface area contributed by atoms with Gasteiger partial charge in [-0.25, -0.2) is 0 Å². The van der Waals surface area contributed by atoms with Crippen LogP contribution in [-0.4, -0.2) is 35.5 Å². The molecule has 0 bridgehead atoms. The third kappa shape index (κ3) is 2.12. The predicted octanol–water partition coefficient (Wildman–Crippen LogP) is 1.60. The van der Waals surface area contributed by atoms with Crippen molar-refractivity contribution in [3.05, 3.63) is 28.3 Å². The van der Waals surface area contributed by atoms with Crippen LogP contribution in [0.3, 0.4) is 0 Å². The van der Waals surface area contributed by atoms with Gasteiger partial charge in [-0.2, -0.15) is 0 Å². The lowest BCUT2D eigenvalue weighted by molar-refractivity contribution is -0.384. The maximum atomic E-state index is 10.7. The van der Waals surface area contributed by atoms with Gasteiger partial charge in [-0.05, 0) is 6.07 Å². The van der Waals surface area contributed by atoms with Gasteiger partial charge in [0.1, 0.15) is 0 Å². The molecule has 0 aliphatic heterocycles. The molecule has 18 heavy (non-hydrogen) atoms. The Morgan fingerprint density at radius 1 is 1.44 bits per heavy atom. The van der Waals surface area contributed by atoms with Crippen LogP contribution in [0.1, 0.15) is 0 Å². The first-order valence-corrected chi connectivity index (χ1v) is 5.35. The van der Waals surface area contributed by atoms with E-state index in [1.165, 1.54) is 19.2 Å². The highest BCUT2D eigenvalue weighted by Gasteiger charge is 2.15. The number of benzene rings is 1. The zero-order valence-electron chi connectivity index (χ0n) is 10.1. The summed E-state index contributed by atoms with van der Waals surface area (Å²) in [6.07, 6.45) is 0. The van der Waals surface area contributed by atoms with Crippen LogP contribution in [0.4, 0.5) is 5.69 Å². The highest BCUT2D eigenvalue weighted by Crippen LogP contribution is 2.28. The Morgan fingerprint density at radius 3 is 2.83 bits per heavy atom. The molecule has 0 amide bonds. The fourth-order valence-corrected chi connectivity index (χ4v) is 1.75. The molecule has 2 rings (SSSR count). The molecule has 1 aromatic carbocycles. The monoisotopic (exact) mass is 251 g/mol. The number of nitrogens with zero attached hydrogens (tertiary/aromatic N) is 3. The molecule has 1 aromatic heterocycles. The van der Waals surface area contributed by atoms with Crippen molar-refractivity contribution in [3.8, 4) is 5.88 Å². The molecule has 7 heteroatoms. The maximum absolute atomic E-state index is 10.7. The second kappa shape index (κ2) is 5.01. The molecule has 0 saturated heterocycles. The van der Waals surface area contributed by atoms with Crippen LogP contribution < -0.4 is 4.74 Å². The van der Waals surface area contributed by atoms with Crippen LogP contribution in [0, 0.1) is 10.1 Å². The number of nitro groups is 1. The predicted molar refractivity (Wildman–Crippen MR) is 64.8 cm³/mol. The molecular formula is C11H13N3O4. The van der Waals surface area contributed by atoms with Crippen molar-refractivity contribution in [3.63, 3.8) is 0 Å². The number of aromatic nitrogens is 2. The number of fused-ring (bicyclic) bond motifs is 1. The van der Waals surface area contributed by atoms with E-state index < -0.39 is 4.92 Å². The highest BCUT2D eigenvalue weighted by atomic mass is 16.6. The second-order valence-electron chi connectivity index (χ2n) is 3.68. The first-order chi connectivity index (χ1) is 8.67. The minimum atomic E-state index is -0.439. The van der Waals surface area contributed by atoms with E-state index in [1.54, 1.807) is 17.9 Å². The summed E-state index contributed by atoms with van der Waals surface area (Å²) in [7, 11) is 3.09. The molecule has 0 N–H and O–H groups in total. The quantitative estimate of drug-likeness (QED) is 0.595. The molecule has 1 heterocycles. The minimum Gasteiger partial charge on any atom is -0.479 e. The molecule has 0 saturated carbocycles. The first-order valence-electron chi connectivity index (χ1n) is 5.35. The Hall–Kier alpha value is -2.15. The van der Waals surface area contributed by atoms with Crippen LogP contribution in [0.25, 0.3) is 10.9 Å². The molecule has 0 spiro atoms. The van der Waals surface area contributed by atoms with Gasteiger partial charge in [-0.3, -0.25) is 14.8 Å². The number of rotatable bonds is 5. The van der Waals surface area contributed by atoms with E-state index in [9.17, 15) is 10.1 Å². The topological polar surface area (TPSA) is 79.4 Å². The first kappa shape index (κ1) is 12.3. The summed E-state index contributed by atoms with van der Waals surface area (Å²) in [6, 6.07) is 4.58. The van der Waals surface area contributed by atoms with Crippen molar-refractivity contribution < 1.29 is 14.4 Å². The molecule has 0 fully saturated rings. The number of nitro benzene ring substituents is 1. The number of ether oxygens (including phenoxy) is 2. The van der Waals surface area contributed by atoms with Crippen LogP contribution in [0.5, 0.6) is 5.88 Å². The van der Waals surface area contributed by atoms with Gasteiger partial charge in [0.15, 0.2) is 0 Å². The standard InChI is InChI=1S/C11H13N3O4/c1-17-6-5-13-10-4-3-8(14(15)16)7-9(10)11(12-13)18-2/h3-4,7H,5-6H2,1-2H3. The Bertz CT molecular complexity index is 579. The Kier molecular flexibility index (Phi) is 3.42. The third-order valence-corrected chi connectivity index (χ3v) is 2.61. The largest absolute Gasteiger partial charge is 0.479 e. The van der Waals surface area contributed by atoms with Crippen LogP contribution in [-0.2, 0) is 11.3 Å². The average molecular weight is 251 g/mol. The summed E-state index contributed by atoms with van der Waals surface area (Å²) >= 11 is 0. The van der Waals surface area contributed by atoms with Crippen molar-refractivity contribution in [2.24, 2.45) is 0 Å². The maximum Gasteiger partial charge on any atom is 0.270 e. The summed E-state index contributed by atoms with van der Waals surface area (Å²) < 4.78 is 11.8. The van der Waals surface area contributed by atoms with E-state index >= 15 is 0 Å². The van der Waals surface area contributed by atoms with Crippen molar-refractivity contribution in [1.29, 1.82) is 0 Å². The Balaban J connectivity index is 2.52. The number of hydrogen-bond donors (Lipinski definition) is 0. The molecule has 0 unspecified atom stereocenters. The number of hydrogen-bond acceptors (Lipinski definition) is 5. The minimum absolute atomic E-state index is 0.0205. The smallest absolute Gasteiger partial charge is 0.270 e. The van der Waals surface area contributed by atoms with Gasteiger partial charge >= 0.3 is 0 Å². The van der Waals surface area contributed by atoms with Gasteiger partial charge in [-0.15, -0.1) is 5.10 Å². The molecular weight excluding hydrogens is 238 g/mol. The summed E-state index contributed by atoms with van der Waals surface area (Å²) in [6.45, 7) is 1.07. The Morgan fingerprint density at radius 2 is 2.22 bits per heavy atom. The van der Waals surface area contributed by atoms with Gasteiger partial charge in [-0.1, -0.05) is 0 Å². The van der Waals surface area contributed by atoms with E-state index in [2.05, 4.69) is 5.10 Å². The van der Waals surface area contributed by atoms with Gasteiger partial charge in [0.2, 0.25) is 5.88 Å². The van der Waals surface area contributed by atoms with Gasteiger partial charge in [0.05, 0.1) is 36.1 Å². The summed E-state index contributed by atoms with van der Waals surface area (Å²) in [5.74, 6) is 0.379. The van der Waals surface area contributed by atoms with Gasteiger partial charge < -0.3 is 9.47 Å². The van der Waals surface area contributed by atoms with E-state index in [0.29, 0.717) is 24.4 Å². The lowest BCUT2D eigenvalue weighted by Crippen LogP contribution is -2.05. The molecule has 0 aliphatic carbocycles. The van der Waals surface area contributed by atoms with Crippen LogP contribution in [0.15, 0.2) is 18.2 Å². The van der Waals surface area contributed by atoms with E-state index in [4.69, 9.17) is 9.47 Å². The fourth-order valence-electron chi connectivity index (χ4n) is 1.75. The molecule has 2 aromatic rings. The van der Waals surface area contributed by atoms with E-state index in [-0.39, 0.29) is 5.69 Å². The molecule has 96 valence electrons.